The van der Waals surface area contributed by atoms with Crippen LogP contribution in [0.5, 0.6) is 0 Å². The van der Waals surface area contributed by atoms with Crippen LogP contribution in [0.2, 0.25) is 0 Å². The van der Waals surface area contributed by atoms with Crippen LogP contribution in [0.4, 0.5) is 0 Å². The van der Waals surface area contributed by atoms with Crippen LogP contribution in [0.1, 0.15) is 50.5 Å². The monoisotopic (exact) mass is 258 g/mol. The molecule has 1 saturated carbocycles. The van der Waals surface area contributed by atoms with Crippen LogP contribution >= 0.6 is 0 Å². The zero-order chi connectivity index (χ0) is 13.6. The maximum atomic E-state index is 10.7. The Hall–Kier alpha value is -1.08. The molecule has 1 heteroatoms. The first-order valence-corrected chi connectivity index (χ1v) is 7.64. The first-order chi connectivity index (χ1) is 9.24. The quantitative estimate of drug-likeness (QED) is 0.608. The molecule has 1 aliphatic carbocycles. The number of aliphatic hydroxyl groups is 1. The molecule has 1 N–H and O–H groups in total. The van der Waals surface area contributed by atoms with E-state index in [9.17, 15) is 5.11 Å². The van der Waals surface area contributed by atoms with E-state index < -0.39 is 5.60 Å². The molecule has 2 rings (SSSR count). The highest BCUT2D eigenvalue weighted by Crippen LogP contribution is 2.36. The molecule has 1 nitrogen and oxygen atoms in total. The van der Waals surface area contributed by atoms with Crippen LogP contribution in [-0.4, -0.2) is 10.7 Å². The van der Waals surface area contributed by atoms with E-state index in [1.54, 1.807) is 6.08 Å². The van der Waals surface area contributed by atoms with Gasteiger partial charge in [-0.05, 0) is 43.6 Å². The molecule has 19 heavy (non-hydrogen) atoms. The Morgan fingerprint density at radius 3 is 2.74 bits per heavy atom. The Balaban J connectivity index is 1.87. The molecule has 0 bridgehead atoms. The topological polar surface area (TPSA) is 20.2 Å². The number of rotatable bonds is 5. The van der Waals surface area contributed by atoms with Crippen LogP contribution in [0, 0.1) is 5.92 Å². The van der Waals surface area contributed by atoms with Gasteiger partial charge in [0.15, 0.2) is 0 Å². The summed E-state index contributed by atoms with van der Waals surface area (Å²) in [5.74, 6) is 0.399. The molecule has 1 aromatic carbocycles. The number of aryl methyl sites for hydroxylation is 1. The molecule has 0 amide bonds. The summed E-state index contributed by atoms with van der Waals surface area (Å²) in [6, 6.07) is 10.6. The molecule has 0 heterocycles. The zero-order valence-electron chi connectivity index (χ0n) is 11.9. The molecule has 1 fully saturated rings. The summed E-state index contributed by atoms with van der Waals surface area (Å²) in [6.07, 6.45) is 10.9. The van der Waals surface area contributed by atoms with E-state index in [-0.39, 0.29) is 0 Å². The highest BCUT2D eigenvalue weighted by molar-refractivity contribution is 5.14. The molecule has 1 aromatic rings. The summed E-state index contributed by atoms with van der Waals surface area (Å²) in [6.45, 7) is 3.86. The lowest BCUT2D eigenvalue weighted by Crippen LogP contribution is -2.34. The lowest BCUT2D eigenvalue weighted by Gasteiger charge is -2.32. The van der Waals surface area contributed by atoms with E-state index in [2.05, 4.69) is 36.9 Å². The summed E-state index contributed by atoms with van der Waals surface area (Å²) in [4.78, 5) is 0. The summed E-state index contributed by atoms with van der Waals surface area (Å²) < 4.78 is 0. The Morgan fingerprint density at radius 2 is 2.00 bits per heavy atom. The van der Waals surface area contributed by atoms with Crippen molar-refractivity contribution in [3.63, 3.8) is 0 Å². The molecule has 0 aliphatic heterocycles. The van der Waals surface area contributed by atoms with Crippen molar-refractivity contribution in [2.45, 2.75) is 57.0 Å². The van der Waals surface area contributed by atoms with Crippen molar-refractivity contribution in [2.75, 3.05) is 0 Å². The van der Waals surface area contributed by atoms with Gasteiger partial charge < -0.3 is 5.11 Å². The molecule has 0 radical (unpaired) electrons. The van der Waals surface area contributed by atoms with Gasteiger partial charge in [-0.2, -0.15) is 0 Å². The molecule has 0 unspecified atom stereocenters. The third kappa shape index (κ3) is 3.94. The van der Waals surface area contributed by atoms with Gasteiger partial charge in [0.2, 0.25) is 0 Å². The van der Waals surface area contributed by atoms with Gasteiger partial charge in [0.25, 0.3) is 0 Å². The van der Waals surface area contributed by atoms with Crippen LogP contribution < -0.4 is 0 Å². The highest BCUT2D eigenvalue weighted by atomic mass is 16.3. The number of hydrogen-bond acceptors (Lipinski definition) is 1. The van der Waals surface area contributed by atoms with Crippen molar-refractivity contribution in [2.24, 2.45) is 5.92 Å². The standard InChI is InChI=1S/C18H26O/c1-2-18(19)15-8-4-7-13-17(18)14-9-12-16-10-5-3-6-11-16/h2-3,5-6,10-11,17,19H,1,4,7-9,12-15H2/t17-,18-/m1/s1. The fourth-order valence-electron chi connectivity index (χ4n) is 3.29. The van der Waals surface area contributed by atoms with E-state index in [0.717, 1.165) is 38.5 Å². The summed E-state index contributed by atoms with van der Waals surface area (Å²) >= 11 is 0. The maximum Gasteiger partial charge on any atom is 0.0853 e. The predicted octanol–water partition coefficient (Wildman–Crippen LogP) is 4.51. The van der Waals surface area contributed by atoms with Gasteiger partial charge in [0.1, 0.15) is 0 Å². The normalized spacial score (nSPS) is 27.7. The second kappa shape index (κ2) is 6.91. The molecular weight excluding hydrogens is 232 g/mol. The van der Waals surface area contributed by atoms with Crippen molar-refractivity contribution in [3.8, 4) is 0 Å². The second-order valence-electron chi connectivity index (χ2n) is 5.87. The van der Waals surface area contributed by atoms with Crippen molar-refractivity contribution < 1.29 is 5.11 Å². The molecule has 104 valence electrons. The molecule has 0 saturated heterocycles. The van der Waals surface area contributed by atoms with Crippen LogP contribution in [0.25, 0.3) is 0 Å². The minimum absolute atomic E-state index is 0.399. The van der Waals surface area contributed by atoms with Gasteiger partial charge >= 0.3 is 0 Å². The lowest BCUT2D eigenvalue weighted by molar-refractivity contribution is 0.0172. The van der Waals surface area contributed by atoms with Crippen molar-refractivity contribution in [1.82, 2.24) is 0 Å². The first-order valence-electron chi connectivity index (χ1n) is 7.64. The summed E-state index contributed by atoms with van der Waals surface area (Å²) in [7, 11) is 0. The molecular formula is C18H26O. The lowest BCUT2D eigenvalue weighted by atomic mass is 9.80. The minimum atomic E-state index is -0.618. The first kappa shape index (κ1) is 14.3. The van der Waals surface area contributed by atoms with Crippen molar-refractivity contribution in [3.05, 3.63) is 48.6 Å². The van der Waals surface area contributed by atoms with Gasteiger partial charge in [-0.15, -0.1) is 6.58 Å². The van der Waals surface area contributed by atoms with E-state index in [4.69, 9.17) is 0 Å². The van der Waals surface area contributed by atoms with Crippen LogP contribution in [-0.2, 0) is 6.42 Å². The number of hydrogen-bond donors (Lipinski definition) is 1. The molecule has 2 atom stereocenters. The smallest absolute Gasteiger partial charge is 0.0853 e. The van der Waals surface area contributed by atoms with E-state index >= 15 is 0 Å². The summed E-state index contributed by atoms with van der Waals surface area (Å²) in [5.41, 5.74) is 0.783. The van der Waals surface area contributed by atoms with Gasteiger partial charge in [-0.25, -0.2) is 0 Å². The summed E-state index contributed by atoms with van der Waals surface area (Å²) in [5, 5.41) is 10.7. The van der Waals surface area contributed by atoms with E-state index in [1.165, 1.54) is 18.4 Å². The fraction of sp³-hybridized carbons (Fsp3) is 0.556. The second-order valence-corrected chi connectivity index (χ2v) is 5.87. The van der Waals surface area contributed by atoms with Crippen molar-refractivity contribution in [1.29, 1.82) is 0 Å². The maximum absolute atomic E-state index is 10.7. The SMILES string of the molecule is C=C[C@@]1(O)CCCCC[C@@H]1CCCc1ccccc1. The fourth-order valence-corrected chi connectivity index (χ4v) is 3.29. The van der Waals surface area contributed by atoms with Crippen LogP contribution in [0.15, 0.2) is 43.0 Å². The Morgan fingerprint density at radius 1 is 1.21 bits per heavy atom. The molecule has 1 aliphatic rings. The van der Waals surface area contributed by atoms with Crippen LogP contribution in [0.3, 0.4) is 0 Å². The Labute approximate surface area is 117 Å². The highest BCUT2D eigenvalue weighted by Gasteiger charge is 2.34. The third-order valence-electron chi connectivity index (χ3n) is 4.55. The van der Waals surface area contributed by atoms with Gasteiger partial charge in [0.05, 0.1) is 5.60 Å². The molecule has 0 aromatic heterocycles. The largest absolute Gasteiger partial charge is 0.386 e. The van der Waals surface area contributed by atoms with Gasteiger partial charge in [-0.3, -0.25) is 0 Å². The zero-order valence-corrected chi connectivity index (χ0v) is 11.9. The average molecular weight is 258 g/mol. The van der Waals surface area contributed by atoms with Crippen molar-refractivity contribution >= 4 is 0 Å². The van der Waals surface area contributed by atoms with E-state index in [0.29, 0.717) is 5.92 Å². The molecule has 0 spiro atoms. The number of benzene rings is 1. The minimum Gasteiger partial charge on any atom is -0.386 e. The van der Waals surface area contributed by atoms with Gasteiger partial charge in [0, 0.05) is 0 Å². The Kier molecular flexibility index (Phi) is 5.21. The average Bonchev–Trinajstić information content (AvgIpc) is 2.63. The third-order valence-corrected chi connectivity index (χ3v) is 4.55. The predicted molar refractivity (Wildman–Crippen MR) is 81.1 cm³/mol. The van der Waals surface area contributed by atoms with Gasteiger partial charge in [-0.1, -0.05) is 55.7 Å². The van der Waals surface area contributed by atoms with E-state index in [1.807, 2.05) is 0 Å². The Bertz CT molecular complexity index is 384.